The summed E-state index contributed by atoms with van der Waals surface area (Å²) in [6, 6.07) is 14.8. The van der Waals surface area contributed by atoms with E-state index in [0.717, 1.165) is 29.1 Å². The third-order valence-corrected chi connectivity index (χ3v) is 8.82. The minimum absolute atomic E-state index is 0.103. The zero-order chi connectivity index (χ0) is 32.9. The first kappa shape index (κ1) is 32.9. The smallest absolute Gasteiger partial charge is 0.408 e. The Morgan fingerprint density at radius 1 is 1.09 bits per heavy atom. The highest BCUT2D eigenvalue weighted by Crippen LogP contribution is 2.35. The monoisotopic (exact) mass is 643 g/mol. The standard InChI is InChI=1S/C35H41N5O5S/c1-23-22-46-31(38-23)28-12-9-16-40(28)32(42)27-19-25(18-26(20-27)30-37-15-17-44-30)29(41)36-14-13-35(5,21-24-10-7-6-8-11-24)39-33(43)45-34(2,3)4/h6-8,10-11,15,17-20,22,28H,9,12-14,16,21H2,1-5H3,(H,36,41)(H,39,43). The molecular formula is C35H41N5O5S. The van der Waals surface area contributed by atoms with Crippen molar-refractivity contribution in [1.29, 1.82) is 0 Å². The fraction of sp³-hybridized carbons (Fsp3) is 0.400. The van der Waals surface area contributed by atoms with E-state index in [1.165, 1.54) is 12.5 Å². The molecule has 46 heavy (non-hydrogen) atoms. The Morgan fingerprint density at radius 3 is 2.52 bits per heavy atom. The normalized spacial score (nSPS) is 16.1. The van der Waals surface area contributed by atoms with E-state index in [9.17, 15) is 14.4 Å². The Morgan fingerprint density at radius 2 is 1.85 bits per heavy atom. The molecule has 2 atom stereocenters. The van der Waals surface area contributed by atoms with Crippen molar-refractivity contribution in [2.45, 2.75) is 77.5 Å². The number of ether oxygens (including phenoxy) is 1. The Hall–Kier alpha value is -4.51. The van der Waals surface area contributed by atoms with Gasteiger partial charge in [0.25, 0.3) is 11.8 Å². The fourth-order valence-corrected chi connectivity index (χ4v) is 6.62. The summed E-state index contributed by atoms with van der Waals surface area (Å²) in [4.78, 5) is 51.0. The third-order valence-electron chi connectivity index (χ3n) is 7.76. The minimum atomic E-state index is -0.711. The number of nitrogens with one attached hydrogen (secondary N) is 2. The largest absolute Gasteiger partial charge is 0.445 e. The molecule has 2 aromatic carbocycles. The lowest BCUT2D eigenvalue weighted by molar-refractivity contribution is 0.0458. The lowest BCUT2D eigenvalue weighted by atomic mass is 9.89. The van der Waals surface area contributed by atoms with Crippen LogP contribution >= 0.6 is 11.3 Å². The van der Waals surface area contributed by atoms with Crippen LogP contribution in [-0.2, 0) is 11.2 Å². The molecule has 2 unspecified atom stereocenters. The molecule has 0 bridgehead atoms. The molecule has 0 aliphatic carbocycles. The summed E-state index contributed by atoms with van der Waals surface area (Å²) in [5, 5.41) is 8.93. The number of hydrogen-bond acceptors (Lipinski definition) is 8. The lowest BCUT2D eigenvalue weighted by Gasteiger charge is -2.32. The summed E-state index contributed by atoms with van der Waals surface area (Å²) in [5.41, 5.74) is 1.83. The molecule has 1 saturated heterocycles. The molecule has 0 spiro atoms. The summed E-state index contributed by atoms with van der Waals surface area (Å²) in [6.45, 7) is 10.2. The van der Waals surface area contributed by atoms with Gasteiger partial charge < -0.3 is 24.7 Å². The number of carbonyl (C=O) groups is 3. The van der Waals surface area contributed by atoms with E-state index in [-0.39, 0.29) is 24.4 Å². The van der Waals surface area contributed by atoms with Crippen LogP contribution in [0, 0.1) is 6.92 Å². The van der Waals surface area contributed by atoms with Crippen LogP contribution in [-0.4, -0.2) is 57.0 Å². The highest BCUT2D eigenvalue weighted by Gasteiger charge is 2.33. The number of amides is 3. The molecular weight excluding hydrogens is 602 g/mol. The number of carbonyl (C=O) groups excluding carboxylic acids is 3. The van der Waals surface area contributed by atoms with Gasteiger partial charge in [0.15, 0.2) is 0 Å². The topological polar surface area (TPSA) is 127 Å². The number of alkyl carbamates (subject to hydrolysis) is 1. The predicted octanol–water partition coefficient (Wildman–Crippen LogP) is 6.73. The molecule has 0 radical (unpaired) electrons. The van der Waals surface area contributed by atoms with Gasteiger partial charge in [-0.2, -0.15) is 0 Å². The summed E-state index contributed by atoms with van der Waals surface area (Å²) < 4.78 is 11.1. The van der Waals surface area contributed by atoms with Crippen molar-refractivity contribution >= 4 is 29.2 Å². The molecule has 3 amide bonds. The molecule has 1 aliphatic heterocycles. The van der Waals surface area contributed by atoms with Crippen molar-refractivity contribution in [2.75, 3.05) is 13.1 Å². The molecule has 0 saturated carbocycles. The summed E-state index contributed by atoms with van der Waals surface area (Å²) >= 11 is 1.56. The lowest BCUT2D eigenvalue weighted by Crippen LogP contribution is -2.51. The first-order chi connectivity index (χ1) is 21.9. The highest BCUT2D eigenvalue weighted by atomic mass is 32.1. The Balaban J connectivity index is 1.34. The number of nitrogens with zero attached hydrogens (tertiary/aromatic N) is 3. The van der Waals surface area contributed by atoms with Gasteiger partial charge in [0.2, 0.25) is 5.89 Å². The van der Waals surface area contributed by atoms with Gasteiger partial charge in [0.05, 0.1) is 12.2 Å². The second-order valence-electron chi connectivity index (χ2n) is 13.0. The molecule has 242 valence electrons. The predicted molar refractivity (Wildman–Crippen MR) is 177 cm³/mol. The fourth-order valence-electron chi connectivity index (χ4n) is 5.67. The number of likely N-dealkylation sites (tertiary alicyclic amines) is 1. The van der Waals surface area contributed by atoms with Gasteiger partial charge in [0, 0.05) is 46.4 Å². The maximum atomic E-state index is 13.9. The van der Waals surface area contributed by atoms with Crippen LogP contribution in [0.1, 0.15) is 90.0 Å². The molecule has 2 N–H and O–H groups in total. The second-order valence-corrected chi connectivity index (χ2v) is 13.9. The molecule has 10 nitrogen and oxygen atoms in total. The van der Waals surface area contributed by atoms with Crippen molar-refractivity contribution in [3.8, 4) is 11.5 Å². The first-order valence-corrected chi connectivity index (χ1v) is 16.4. The SMILES string of the molecule is Cc1csc(C2CCCN2C(=O)c2cc(C(=O)NCCC(C)(Cc3ccccc3)NC(=O)OC(C)(C)C)cc(-c3ncco3)c2)n1. The van der Waals surface area contributed by atoms with E-state index in [1.54, 1.807) is 29.5 Å². The molecule has 5 rings (SSSR count). The van der Waals surface area contributed by atoms with Crippen LogP contribution in [0.5, 0.6) is 0 Å². The van der Waals surface area contributed by atoms with Gasteiger partial charge in [-0.05, 0) is 84.1 Å². The third kappa shape index (κ3) is 8.39. The number of benzene rings is 2. The first-order valence-electron chi connectivity index (χ1n) is 15.5. The number of oxazole rings is 1. The van der Waals surface area contributed by atoms with Crippen molar-refractivity contribution < 1.29 is 23.5 Å². The Bertz CT molecular complexity index is 1660. The number of hydrogen-bond donors (Lipinski definition) is 2. The van der Waals surface area contributed by atoms with E-state index in [2.05, 4.69) is 20.6 Å². The maximum Gasteiger partial charge on any atom is 0.408 e. The second kappa shape index (κ2) is 13.9. The average molecular weight is 644 g/mol. The van der Waals surface area contributed by atoms with Crippen molar-refractivity contribution in [3.05, 3.63) is 93.8 Å². The Labute approximate surface area is 273 Å². The van der Waals surface area contributed by atoms with E-state index in [0.29, 0.717) is 42.0 Å². The molecule has 4 aromatic rings. The van der Waals surface area contributed by atoms with Crippen LogP contribution in [0.4, 0.5) is 4.79 Å². The number of rotatable bonds is 10. The van der Waals surface area contributed by atoms with Crippen molar-refractivity contribution in [1.82, 2.24) is 25.5 Å². The van der Waals surface area contributed by atoms with Gasteiger partial charge in [-0.15, -0.1) is 11.3 Å². The van der Waals surface area contributed by atoms with Crippen molar-refractivity contribution in [3.63, 3.8) is 0 Å². The van der Waals surface area contributed by atoms with Crippen molar-refractivity contribution in [2.24, 2.45) is 0 Å². The molecule has 11 heteroatoms. The van der Waals surface area contributed by atoms with Crippen LogP contribution < -0.4 is 10.6 Å². The maximum absolute atomic E-state index is 13.9. The zero-order valence-electron chi connectivity index (χ0n) is 27.0. The van der Waals surface area contributed by atoms with Crippen LogP contribution in [0.2, 0.25) is 0 Å². The summed E-state index contributed by atoms with van der Waals surface area (Å²) in [6.07, 6.45) is 5.14. The summed E-state index contributed by atoms with van der Waals surface area (Å²) in [5.74, 6) is -0.209. The van der Waals surface area contributed by atoms with E-state index >= 15 is 0 Å². The van der Waals surface area contributed by atoms with Gasteiger partial charge >= 0.3 is 6.09 Å². The summed E-state index contributed by atoms with van der Waals surface area (Å²) in [7, 11) is 0. The van der Waals surface area contributed by atoms with Crippen LogP contribution in [0.25, 0.3) is 11.5 Å². The minimum Gasteiger partial charge on any atom is -0.445 e. The van der Waals surface area contributed by atoms with Gasteiger partial charge in [-0.1, -0.05) is 30.3 Å². The quantitative estimate of drug-likeness (QED) is 0.196. The number of aromatic nitrogens is 2. The highest BCUT2D eigenvalue weighted by molar-refractivity contribution is 7.09. The molecule has 1 aliphatic rings. The van der Waals surface area contributed by atoms with Gasteiger partial charge in [0.1, 0.15) is 16.9 Å². The zero-order valence-corrected chi connectivity index (χ0v) is 27.8. The molecule has 3 heterocycles. The van der Waals surface area contributed by atoms with Crippen LogP contribution in [0.15, 0.2) is 70.8 Å². The van der Waals surface area contributed by atoms with E-state index in [1.807, 2.05) is 75.2 Å². The van der Waals surface area contributed by atoms with Gasteiger partial charge in [-0.25, -0.2) is 14.8 Å². The Kier molecular flexibility index (Phi) is 9.91. The van der Waals surface area contributed by atoms with E-state index < -0.39 is 17.2 Å². The van der Waals surface area contributed by atoms with E-state index in [4.69, 9.17) is 9.15 Å². The number of thiazole rings is 1. The number of aryl methyl sites for hydroxylation is 1. The average Bonchev–Trinajstić information content (AvgIpc) is 3.78. The van der Waals surface area contributed by atoms with Gasteiger partial charge in [-0.3, -0.25) is 9.59 Å². The van der Waals surface area contributed by atoms with Crippen LogP contribution in [0.3, 0.4) is 0 Å². The molecule has 2 aromatic heterocycles. The molecule has 1 fully saturated rings.